The van der Waals surface area contributed by atoms with Gasteiger partial charge in [-0.3, -0.25) is 14.4 Å². The van der Waals surface area contributed by atoms with Crippen molar-refractivity contribution in [2.75, 3.05) is 13.2 Å². The minimum Gasteiger partial charge on any atom is -0.462 e. The normalized spacial score (nSPS) is 12.5. The zero-order valence-corrected chi connectivity index (χ0v) is 55.5. The first-order valence-electron chi connectivity index (χ1n) is 36.4. The van der Waals surface area contributed by atoms with Crippen LogP contribution in [-0.2, 0) is 28.6 Å². The SMILES string of the molecule is CC/C=C\C/C=C\C/C=C\C/C=C\C/C=C\CCCCCCCCCC(=O)OC(COC(=O)CCCCCCCCC/C=C\CCCCCCCCC)COC(=O)CCCCCCCCCCCCCCCCCCCCCCCCCC. The van der Waals surface area contributed by atoms with Gasteiger partial charge >= 0.3 is 17.9 Å². The highest BCUT2D eigenvalue weighted by atomic mass is 16.6. The number of allylic oxidation sites excluding steroid dienone is 12. The molecule has 0 bridgehead atoms. The molecule has 6 nitrogen and oxygen atoms in total. The molecule has 0 radical (unpaired) electrons. The number of esters is 3. The summed E-state index contributed by atoms with van der Waals surface area (Å²) in [7, 11) is 0. The maximum atomic E-state index is 13.0. The zero-order chi connectivity index (χ0) is 59.9. The number of hydrogen-bond acceptors (Lipinski definition) is 6. The molecule has 83 heavy (non-hydrogen) atoms. The summed E-state index contributed by atoms with van der Waals surface area (Å²) in [5.74, 6) is -0.869. The van der Waals surface area contributed by atoms with Crippen molar-refractivity contribution in [3.05, 3.63) is 72.9 Å². The zero-order valence-electron chi connectivity index (χ0n) is 55.5. The highest BCUT2D eigenvalue weighted by Crippen LogP contribution is 2.18. The summed E-state index contributed by atoms with van der Waals surface area (Å²) >= 11 is 0. The first-order chi connectivity index (χ1) is 41.0. The maximum Gasteiger partial charge on any atom is 0.306 e. The number of carbonyl (C=O) groups is 3. The average Bonchev–Trinajstić information content (AvgIpc) is 3.49. The summed E-state index contributed by atoms with van der Waals surface area (Å²) < 4.78 is 17.0. The van der Waals surface area contributed by atoms with Crippen LogP contribution in [0.2, 0.25) is 0 Å². The number of ether oxygens (including phenoxy) is 3. The molecule has 6 heteroatoms. The van der Waals surface area contributed by atoms with Crippen molar-refractivity contribution >= 4 is 17.9 Å². The molecule has 0 rings (SSSR count). The van der Waals surface area contributed by atoms with Crippen LogP contribution in [0.5, 0.6) is 0 Å². The number of carbonyl (C=O) groups excluding carboxylic acids is 3. The van der Waals surface area contributed by atoms with E-state index in [9.17, 15) is 14.4 Å². The lowest BCUT2D eigenvalue weighted by atomic mass is 10.0. The van der Waals surface area contributed by atoms with Crippen LogP contribution in [0.3, 0.4) is 0 Å². The highest BCUT2D eigenvalue weighted by Gasteiger charge is 2.19. The monoisotopic (exact) mass is 1160 g/mol. The number of rotatable bonds is 67. The van der Waals surface area contributed by atoms with Gasteiger partial charge in [-0.15, -0.1) is 0 Å². The van der Waals surface area contributed by atoms with Crippen LogP contribution in [0, 0.1) is 0 Å². The van der Waals surface area contributed by atoms with Gasteiger partial charge in [-0.2, -0.15) is 0 Å². The Morgan fingerprint density at radius 2 is 0.470 bits per heavy atom. The molecule has 0 aliphatic heterocycles. The lowest BCUT2D eigenvalue weighted by Crippen LogP contribution is -2.30. The summed E-state index contributed by atoms with van der Waals surface area (Å²) in [5, 5.41) is 0. The molecule has 0 fully saturated rings. The molecular formula is C77H138O6. The van der Waals surface area contributed by atoms with Crippen LogP contribution < -0.4 is 0 Å². The lowest BCUT2D eigenvalue weighted by Gasteiger charge is -2.18. The Bertz CT molecular complexity index is 1520. The van der Waals surface area contributed by atoms with Crippen molar-refractivity contribution in [2.45, 2.75) is 386 Å². The highest BCUT2D eigenvalue weighted by molar-refractivity contribution is 5.71. The van der Waals surface area contributed by atoms with Gasteiger partial charge in [0, 0.05) is 19.3 Å². The van der Waals surface area contributed by atoms with Crippen LogP contribution in [0.1, 0.15) is 380 Å². The van der Waals surface area contributed by atoms with Gasteiger partial charge in [0.15, 0.2) is 6.10 Å². The van der Waals surface area contributed by atoms with Crippen molar-refractivity contribution in [2.24, 2.45) is 0 Å². The fourth-order valence-corrected chi connectivity index (χ4v) is 10.8. The van der Waals surface area contributed by atoms with Gasteiger partial charge in [0.25, 0.3) is 0 Å². The third-order valence-corrected chi connectivity index (χ3v) is 16.2. The largest absolute Gasteiger partial charge is 0.462 e. The molecule has 0 aromatic carbocycles. The smallest absolute Gasteiger partial charge is 0.306 e. The van der Waals surface area contributed by atoms with Gasteiger partial charge in [0.05, 0.1) is 0 Å². The molecule has 482 valence electrons. The Hall–Kier alpha value is -3.15. The minimum atomic E-state index is -0.784. The van der Waals surface area contributed by atoms with E-state index in [0.717, 1.165) is 96.3 Å². The molecule has 0 amide bonds. The second-order valence-electron chi connectivity index (χ2n) is 24.5. The molecule has 0 aromatic rings. The van der Waals surface area contributed by atoms with Crippen molar-refractivity contribution in [1.29, 1.82) is 0 Å². The molecule has 0 spiro atoms. The summed E-state index contributed by atoms with van der Waals surface area (Å²) in [6.07, 6.45) is 93.6. The fraction of sp³-hybridized carbons (Fsp3) is 0.805. The molecule has 0 aliphatic carbocycles. The van der Waals surface area contributed by atoms with E-state index in [1.165, 1.54) is 244 Å². The average molecular weight is 1160 g/mol. The third-order valence-electron chi connectivity index (χ3n) is 16.2. The quantitative estimate of drug-likeness (QED) is 0.0261. The summed E-state index contributed by atoms with van der Waals surface area (Å²) in [4.78, 5) is 38.5. The van der Waals surface area contributed by atoms with Gasteiger partial charge in [-0.25, -0.2) is 0 Å². The molecule has 0 saturated carbocycles. The molecular weight excluding hydrogens is 1020 g/mol. The van der Waals surface area contributed by atoms with Crippen LogP contribution >= 0.6 is 0 Å². The van der Waals surface area contributed by atoms with Crippen molar-refractivity contribution in [3.63, 3.8) is 0 Å². The lowest BCUT2D eigenvalue weighted by molar-refractivity contribution is -0.167. The first kappa shape index (κ1) is 79.8. The van der Waals surface area contributed by atoms with Gasteiger partial charge in [0.2, 0.25) is 0 Å². The Kier molecular flexibility index (Phi) is 68.6. The Morgan fingerprint density at radius 1 is 0.253 bits per heavy atom. The van der Waals surface area contributed by atoms with Gasteiger partial charge in [-0.05, 0) is 89.9 Å². The van der Waals surface area contributed by atoms with Crippen molar-refractivity contribution in [3.8, 4) is 0 Å². The standard InChI is InChI=1S/C77H138O6/c1-4-7-10-13-16-19-22-25-28-31-34-36-38-40-41-43-46-49-52-55-58-61-64-67-70-76(79)82-73-74(72-81-75(78)69-66-63-60-57-54-51-48-45-33-30-27-24-21-18-15-12-9-6-3)83-77(80)71-68-65-62-59-56-53-50-47-44-42-39-37-35-32-29-26-23-20-17-14-11-8-5-2/h8,11,17,20,26,29-30,33,35,37,42,44,74H,4-7,9-10,12-16,18-19,21-25,27-28,31-32,34,36,38-41,43,45-73H2,1-3H3/b11-8-,20-17-,29-26-,33-30-,37-35-,44-42-. The molecule has 0 saturated heterocycles. The van der Waals surface area contributed by atoms with Crippen LogP contribution in [0.25, 0.3) is 0 Å². The van der Waals surface area contributed by atoms with E-state index in [-0.39, 0.29) is 31.1 Å². The van der Waals surface area contributed by atoms with Crippen LogP contribution in [-0.4, -0.2) is 37.2 Å². The van der Waals surface area contributed by atoms with Crippen molar-refractivity contribution in [1.82, 2.24) is 0 Å². The number of hydrogen-bond donors (Lipinski definition) is 0. The summed E-state index contributed by atoms with van der Waals surface area (Å²) in [6.45, 7) is 6.58. The third kappa shape index (κ3) is 69.5. The first-order valence-corrected chi connectivity index (χ1v) is 36.4. The van der Waals surface area contributed by atoms with E-state index >= 15 is 0 Å². The van der Waals surface area contributed by atoms with Crippen LogP contribution in [0.4, 0.5) is 0 Å². The van der Waals surface area contributed by atoms with Gasteiger partial charge in [-0.1, -0.05) is 344 Å². The second-order valence-corrected chi connectivity index (χ2v) is 24.5. The summed E-state index contributed by atoms with van der Waals surface area (Å²) in [6, 6.07) is 0. The van der Waals surface area contributed by atoms with E-state index in [1.54, 1.807) is 0 Å². The van der Waals surface area contributed by atoms with E-state index in [1.807, 2.05) is 0 Å². The van der Waals surface area contributed by atoms with E-state index in [2.05, 4.69) is 93.7 Å². The van der Waals surface area contributed by atoms with Crippen molar-refractivity contribution < 1.29 is 28.6 Å². The Labute approximate surface area is 516 Å². The Morgan fingerprint density at radius 3 is 0.747 bits per heavy atom. The van der Waals surface area contributed by atoms with Gasteiger partial charge < -0.3 is 14.2 Å². The van der Waals surface area contributed by atoms with E-state index in [4.69, 9.17) is 14.2 Å². The molecule has 1 unspecified atom stereocenters. The predicted octanol–water partition coefficient (Wildman–Crippen LogP) is 25.2. The molecule has 0 N–H and O–H groups in total. The topological polar surface area (TPSA) is 78.9 Å². The second kappa shape index (κ2) is 71.3. The molecule has 0 aromatic heterocycles. The van der Waals surface area contributed by atoms with E-state index in [0.29, 0.717) is 19.3 Å². The minimum absolute atomic E-state index is 0.0775. The molecule has 0 heterocycles. The number of unbranched alkanes of at least 4 members (excludes halogenated alkanes) is 44. The molecule has 1 atom stereocenters. The van der Waals surface area contributed by atoms with E-state index < -0.39 is 6.10 Å². The maximum absolute atomic E-state index is 13.0. The predicted molar refractivity (Wildman–Crippen MR) is 362 cm³/mol. The Balaban J connectivity index is 4.35. The van der Waals surface area contributed by atoms with Gasteiger partial charge in [0.1, 0.15) is 13.2 Å². The molecule has 0 aliphatic rings. The summed E-state index contributed by atoms with van der Waals surface area (Å²) in [5.41, 5.74) is 0. The fourth-order valence-electron chi connectivity index (χ4n) is 10.8. The van der Waals surface area contributed by atoms with Crippen LogP contribution in [0.15, 0.2) is 72.9 Å².